The Hall–Kier alpha value is -2.41. The summed E-state index contributed by atoms with van der Waals surface area (Å²) in [5.74, 6) is -1.80. The number of carboxylic acids is 1. The molecular formula is C18H20FNO4S. The fourth-order valence-electron chi connectivity index (χ4n) is 2.69. The van der Waals surface area contributed by atoms with Gasteiger partial charge in [0.05, 0.1) is 11.9 Å². The van der Waals surface area contributed by atoms with Gasteiger partial charge >= 0.3 is 5.97 Å². The van der Waals surface area contributed by atoms with Crippen molar-refractivity contribution in [3.8, 4) is 0 Å². The van der Waals surface area contributed by atoms with Crippen LogP contribution in [0.3, 0.4) is 0 Å². The summed E-state index contributed by atoms with van der Waals surface area (Å²) < 4.78 is 38.5. The summed E-state index contributed by atoms with van der Waals surface area (Å²) in [4.78, 5) is 11.8. The van der Waals surface area contributed by atoms with Crippen molar-refractivity contribution in [3.63, 3.8) is 0 Å². The lowest BCUT2D eigenvalue weighted by Crippen LogP contribution is -2.46. The molecule has 0 aliphatic heterocycles. The van der Waals surface area contributed by atoms with Crippen LogP contribution in [0, 0.1) is 19.7 Å². The first-order valence-electron chi connectivity index (χ1n) is 7.63. The lowest BCUT2D eigenvalue weighted by atomic mass is 9.98. The molecule has 0 radical (unpaired) electrons. The molecule has 0 aliphatic carbocycles. The summed E-state index contributed by atoms with van der Waals surface area (Å²) in [5, 5.41) is 9.66. The zero-order valence-corrected chi connectivity index (χ0v) is 15.0. The van der Waals surface area contributed by atoms with Gasteiger partial charge in [-0.2, -0.15) is 0 Å². The molecule has 2 aromatic carbocycles. The molecule has 1 atom stereocenters. The number of sulfonamides is 1. The van der Waals surface area contributed by atoms with Crippen LogP contribution in [0.25, 0.3) is 0 Å². The van der Waals surface area contributed by atoms with Crippen molar-refractivity contribution in [1.29, 1.82) is 0 Å². The molecule has 2 rings (SSSR count). The van der Waals surface area contributed by atoms with Crippen LogP contribution in [0.15, 0.2) is 42.5 Å². The first-order chi connectivity index (χ1) is 11.6. The molecule has 134 valence electrons. The van der Waals surface area contributed by atoms with Gasteiger partial charge in [-0.3, -0.25) is 4.31 Å². The van der Waals surface area contributed by atoms with Crippen LogP contribution in [0.5, 0.6) is 0 Å². The molecule has 0 amide bonds. The normalized spacial score (nSPS) is 12.6. The van der Waals surface area contributed by atoms with Gasteiger partial charge < -0.3 is 5.11 Å². The van der Waals surface area contributed by atoms with Crippen molar-refractivity contribution in [1.82, 2.24) is 0 Å². The topological polar surface area (TPSA) is 74.7 Å². The van der Waals surface area contributed by atoms with E-state index in [4.69, 9.17) is 0 Å². The van der Waals surface area contributed by atoms with Crippen molar-refractivity contribution in [2.75, 3.05) is 10.6 Å². The molecule has 0 aromatic heterocycles. The van der Waals surface area contributed by atoms with Gasteiger partial charge in [-0.1, -0.05) is 23.8 Å². The largest absolute Gasteiger partial charge is 0.480 e. The van der Waals surface area contributed by atoms with Crippen molar-refractivity contribution in [3.05, 3.63) is 65.0 Å². The quantitative estimate of drug-likeness (QED) is 0.854. The minimum Gasteiger partial charge on any atom is -0.480 e. The fraction of sp³-hybridized carbons (Fsp3) is 0.278. The van der Waals surface area contributed by atoms with Crippen LogP contribution in [0.1, 0.15) is 16.7 Å². The van der Waals surface area contributed by atoms with Gasteiger partial charge in [0.15, 0.2) is 0 Å². The van der Waals surface area contributed by atoms with Crippen LogP contribution >= 0.6 is 0 Å². The number of hydrogen-bond acceptors (Lipinski definition) is 3. The fourth-order valence-corrected chi connectivity index (χ4v) is 3.82. The lowest BCUT2D eigenvalue weighted by molar-refractivity contribution is -0.138. The molecule has 5 nitrogen and oxygen atoms in total. The van der Waals surface area contributed by atoms with E-state index in [0.717, 1.165) is 39.4 Å². The van der Waals surface area contributed by atoms with E-state index < -0.39 is 27.9 Å². The number of rotatable bonds is 6. The predicted octanol–water partition coefficient (Wildman–Crippen LogP) is 2.90. The number of aryl methyl sites for hydroxylation is 2. The molecule has 0 fully saturated rings. The van der Waals surface area contributed by atoms with E-state index in [1.54, 1.807) is 0 Å². The predicted molar refractivity (Wildman–Crippen MR) is 94.8 cm³/mol. The standard InChI is InChI=1S/C18H20FNO4S/c1-12-4-5-13(2)14(10-12)11-17(18(21)22)20(25(3,23)24)16-8-6-15(19)7-9-16/h4-10,17H,11H2,1-3H3,(H,21,22). The molecule has 25 heavy (non-hydrogen) atoms. The number of benzene rings is 2. The third-order valence-electron chi connectivity index (χ3n) is 3.92. The van der Waals surface area contributed by atoms with Crippen LogP contribution < -0.4 is 4.31 Å². The minimum absolute atomic E-state index is 0.00724. The number of halogens is 1. The number of aliphatic carboxylic acids is 1. The van der Waals surface area contributed by atoms with Crippen molar-refractivity contribution < 1.29 is 22.7 Å². The molecule has 1 N–H and O–H groups in total. The Kier molecular flexibility index (Phi) is 5.47. The Morgan fingerprint density at radius 2 is 1.76 bits per heavy atom. The minimum atomic E-state index is -3.89. The van der Waals surface area contributed by atoms with E-state index in [1.807, 2.05) is 32.0 Å². The van der Waals surface area contributed by atoms with Crippen LogP contribution in [-0.2, 0) is 21.2 Å². The number of nitrogens with zero attached hydrogens (tertiary/aromatic N) is 1. The van der Waals surface area contributed by atoms with E-state index in [0.29, 0.717) is 0 Å². The molecule has 0 aliphatic rings. The second kappa shape index (κ2) is 7.23. The van der Waals surface area contributed by atoms with E-state index in [2.05, 4.69) is 0 Å². The highest BCUT2D eigenvalue weighted by molar-refractivity contribution is 7.92. The summed E-state index contributed by atoms with van der Waals surface area (Å²) >= 11 is 0. The van der Waals surface area contributed by atoms with E-state index in [1.165, 1.54) is 12.1 Å². The Bertz CT molecular complexity index is 878. The first kappa shape index (κ1) is 18.9. The van der Waals surface area contributed by atoms with Gasteiger partial charge in [0.25, 0.3) is 0 Å². The monoisotopic (exact) mass is 365 g/mol. The average molecular weight is 365 g/mol. The van der Waals surface area contributed by atoms with Crippen LogP contribution in [-0.4, -0.2) is 31.8 Å². The van der Waals surface area contributed by atoms with Gasteiger partial charge in [-0.15, -0.1) is 0 Å². The summed E-state index contributed by atoms with van der Waals surface area (Å²) in [6.07, 6.45) is 0.947. The van der Waals surface area contributed by atoms with E-state index in [9.17, 15) is 22.7 Å². The zero-order valence-electron chi connectivity index (χ0n) is 14.2. The summed E-state index contributed by atoms with van der Waals surface area (Å²) in [6, 6.07) is 9.01. The number of hydrogen-bond donors (Lipinski definition) is 1. The van der Waals surface area contributed by atoms with Gasteiger partial charge in [0.1, 0.15) is 11.9 Å². The first-order valence-corrected chi connectivity index (χ1v) is 9.48. The molecule has 2 aromatic rings. The third kappa shape index (κ3) is 4.57. The Morgan fingerprint density at radius 1 is 1.16 bits per heavy atom. The summed E-state index contributed by atoms with van der Waals surface area (Å²) in [6.45, 7) is 3.73. The molecule has 0 saturated heterocycles. The number of carbonyl (C=O) groups is 1. The Labute approximate surface area is 146 Å². The van der Waals surface area contributed by atoms with Crippen LogP contribution in [0.2, 0.25) is 0 Å². The molecule has 0 bridgehead atoms. The van der Waals surface area contributed by atoms with Gasteiger partial charge in [0.2, 0.25) is 10.0 Å². The summed E-state index contributed by atoms with van der Waals surface area (Å²) in [7, 11) is -3.89. The third-order valence-corrected chi connectivity index (χ3v) is 5.10. The maximum atomic E-state index is 13.2. The summed E-state index contributed by atoms with van der Waals surface area (Å²) in [5.41, 5.74) is 2.70. The van der Waals surface area contributed by atoms with Gasteiger partial charge in [0, 0.05) is 6.42 Å². The molecule has 0 heterocycles. The Balaban J connectivity index is 2.52. The van der Waals surface area contributed by atoms with E-state index >= 15 is 0 Å². The second-order valence-electron chi connectivity index (χ2n) is 6.02. The molecule has 1 unspecified atom stereocenters. The molecular weight excluding hydrogens is 345 g/mol. The average Bonchev–Trinajstić information content (AvgIpc) is 2.50. The number of anilines is 1. The number of carboxylic acid groups (broad SMARTS) is 1. The van der Waals surface area contributed by atoms with Crippen molar-refractivity contribution in [2.24, 2.45) is 0 Å². The maximum Gasteiger partial charge on any atom is 0.327 e. The zero-order chi connectivity index (χ0) is 18.8. The second-order valence-corrected chi connectivity index (χ2v) is 7.88. The van der Waals surface area contributed by atoms with Crippen molar-refractivity contribution >= 4 is 21.7 Å². The van der Waals surface area contributed by atoms with Gasteiger partial charge in [-0.05, 0) is 49.2 Å². The molecule has 0 saturated carbocycles. The highest BCUT2D eigenvalue weighted by Gasteiger charge is 2.33. The smallest absolute Gasteiger partial charge is 0.327 e. The molecule has 7 heteroatoms. The highest BCUT2D eigenvalue weighted by atomic mass is 32.2. The lowest BCUT2D eigenvalue weighted by Gasteiger charge is -2.29. The van der Waals surface area contributed by atoms with Crippen LogP contribution in [0.4, 0.5) is 10.1 Å². The Morgan fingerprint density at radius 3 is 2.28 bits per heavy atom. The van der Waals surface area contributed by atoms with Crippen molar-refractivity contribution in [2.45, 2.75) is 26.3 Å². The SMILES string of the molecule is Cc1ccc(C)c(CC(C(=O)O)N(c2ccc(F)cc2)S(C)(=O)=O)c1. The van der Waals surface area contributed by atoms with Gasteiger partial charge in [-0.25, -0.2) is 17.6 Å². The maximum absolute atomic E-state index is 13.2. The van der Waals surface area contributed by atoms with E-state index in [-0.39, 0.29) is 12.1 Å². The molecule has 0 spiro atoms. The highest BCUT2D eigenvalue weighted by Crippen LogP contribution is 2.24.